The van der Waals surface area contributed by atoms with Gasteiger partial charge in [0.25, 0.3) is 0 Å². The maximum absolute atomic E-state index is 13.1. The number of pyridine rings is 1. The quantitative estimate of drug-likeness (QED) is 0.0852. The molecule has 1 saturated carbocycles. The van der Waals surface area contributed by atoms with Crippen LogP contribution in [0.15, 0.2) is 146 Å². The maximum atomic E-state index is 13.1. The van der Waals surface area contributed by atoms with Crippen molar-refractivity contribution in [1.29, 1.82) is 0 Å². The van der Waals surface area contributed by atoms with Gasteiger partial charge in [0, 0.05) is 53.0 Å². The van der Waals surface area contributed by atoms with Gasteiger partial charge in [-0.3, -0.25) is 14.6 Å². The molecule has 0 atom stereocenters. The highest BCUT2D eigenvalue weighted by atomic mass is 19.1. The van der Waals surface area contributed by atoms with Crippen molar-refractivity contribution in [3.8, 4) is 67.5 Å². The summed E-state index contributed by atoms with van der Waals surface area (Å²) in [6.45, 7) is 0. The van der Waals surface area contributed by atoms with E-state index < -0.39 is 17.4 Å². The second-order valence-electron chi connectivity index (χ2n) is 16.1. The van der Waals surface area contributed by atoms with Crippen LogP contribution < -0.4 is 25.7 Å². The molecule has 3 aliphatic rings. The van der Waals surface area contributed by atoms with E-state index in [1.807, 2.05) is 48.5 Å². The van der Waals surface area contributed by atoms with E-state index in [4.69, 9.17) is 35.9 Å². The third-order valence-corrected chi connectivity index (χ3v) is 12.4. The lowest BCUT2D eigenvalue weighted by molar-refractivity contribution is -0.156. The second-order valence-corrected chi connectivity index (χ2v) is 16.1. The summed E-state index contributed by atoms with van der Waals surface area (Å²) < 4.78 is 30.2. The van der Waals surface area contributed by atoms with Gasteiger partial charge in [-0.25, -0.2) is 4.39 Å². The summed E-state index contributed by atoms with van der Waals surface area (Å²) in [7, 11) is 3.22. The van der Waals surface area contributed by atoms with Gasteiger partial charge in [0.05, 0.1) is 19.7 Å². The molecule has 10 nitrogen and oxygen atoms in total. The number of hydrogen-bond donors (Lipinski definition) is 4. The van der Waals surface area contributed by atoms with Crippen LogP contribution >= 0.6 is 0 Å². The predicted molar refractivity (Wildman–Crippen MR) is 251 cm³/mol. The minimum atomic E-state index is -1.42. The summed E-state index contributed by atoms with van der Waals surface area (Å²) in [5.74, 6) is 0.0176. The Morgan fingerprint density at radius 1 is 0.585 bits per heavy atom. The number of halogens is 1. The van der Waals surface area contributed by atoms with Gasteiger partial charge >= 0.3 is 11.9 Å². The summed E-state index contributed by atoms with van der Waals surface area (Å²) in [6.07, 6.45) is 4.01. The molecule has 0 radical (unpaired) electrons. The Balaban J connectivity index is 0.000000149. The lowest BCUT2D eigenvalue weighted by Gasteiger charge is -2.14. The first-order valence-electron chi connectivity index (χ1n) is 21.0. The zero-order valence-corrected chi connectivity index (χ0v) is 35.6. The van der Waals surface area contributed by atoms with Crippen molar-refractivity contribution in [2.24, 2.45) is 5.41 Å². The number of anilines is 2. The molecule has 1 fully saturated rings. The summed E-state index contributed by atoms with van der Waals surface area (Å²) in [4.78, 5) is 24.7. The Labute approximate surface area is 374 Å². The van der Waals surface area contributed by atoms with E-state index in [0.717, 1.165) is 63.1 Å². The van der Waals surface area contributed by atoms with Crippen molar-refractivity contribution < 1.29 is 38.4 Å². The minimum Gasteiger partial charge on any atom is -0.493 e. The number of nitrogens with zero attached hydrogens (tertiary/aromatic N) is 1. The Kier molecular flexibility index (Phi) is 11.1. The Hall–Kier alpha value is -8.18. The Bertz CT molecular complexity index is 3130. The van der Waals surface area contributed by atoms with Crippen LogP contribution in [0.3, 0.4) is 0 Å². The number of nitrogen functional groups attached to an aromatic ring is 2. The fourth-order valence-corrected chi connectivity index (χ4v) is 8.61. The van der Waals surface area contributed by atoms with Gasteiger partial charge in [-0.2, -0.15) is 0 Å². The van der Waals surface area contributed by atoms with Crippen LogP contribution in [0.1, 0.15) is 35.1 Å². The number of aromatic nitrogens is 1. The van der Waals surface area contributed by atoms with Crippen molar-refractivity contribution in [2.75, 3.05) is 25.7 Å². The average Bonchev–Trinajstić information content (AvgIpc) is 3.95. The molecule has 0 unspecified atom stereocenters. The van der Waals surface area contributed by atoms with Gasteiger partial charge in [0.15, 0.2) is 16.9 Å². The molecule has 0 bridgehead atoms. The molecule has 11 heteroatoms. The first kappa shape index (κ1) is 42.1. The van der Waals surface area contributed by atoms with E-state index in [1.165, 1.54) is 56.6 Å². The van der Waals surface area contributed by atoms with Crippen LogP contribution in [0.2, 0.25) is 0 Å². The number of methoxy groups -OCH3 is 2. The van der Waals surface area contributed by atoms with Gasteiger partial charge in [0.2, 0.25) is 0 Å². The molecule has 1 aromatic heterocycles. The molecule has 324 valence electrons. The van der Waals surface area contributed by atoms with Crippen molar-refractivity contribution >= 4 is 34.2 Å². The minimum absolute atomic E-state index is 0.231. The third-order valence-electron chi connectivity index (χ3n) is 12.4. The topological polar surface area (TPSA) is 167 Å². The van der Waals surface area contributed by atoms with Crippen molar-refractivity contribution in [3.63, 3.8) is 0 Å². The van der Waals surface area contributed by atoms with Crippen LogP contribution in [-0.2, 0) is 22.4 Å². The van der Waals surface area contributed by atoms with Gasteiger partial charge < -0.3 is 35.9 Å². The average molecular weight is 866 g/mol. The highest BCUT2D eigenvalue weighted by Crippen LogP contribution is 2.47. The van der Waals surface area contributed by atoms with Crippen LogP contribution in [0, 0.1) is 11.2 Å². The summed E-state index contributed by atoms with van der Waals surface area (Å²) in [5.41, 5.74) is 28.1. The van der Waals surface area contributed by atoms with E-state index in [-0.39, 0.29) is 18.7 Å². The Morgan fingerprint density at radius 2 is 1.06 bits per heavy atom. The second kappa shape index (κ2) is 17.2. The van der Waals surface area contributed by atoms with E-state index in [2.05, 4.69) is 71.7 Å². The van der Waals surface area contributed by atoms with E-state index in [9.17, 15) is 14.0 Å². The number of benzene rings is 7. The molecule has 8 aromatic rings. The molecule has 11 rings (SSSR count). The molecule has 3 aliphatic carbocycles. The van der Waals surface area contributed by atoms with Crippen LogP contribution in [0.25, 0.3) is 55.4 Å². The molecule has 0 spiro atoms. The number of carboxylic acid groups (broad SMARTS) is 2. The lowest BCUT2D eigenvalue weighted by Crippen LogP contribution is -2.24. The van der Waals surface area contributed by atoms with E-state index in [1.54, 1.807) is 32.5 Å². The molecule has 6 N–H and O–H groups in total. The van der Waals surface area contributed by atoms with E-state index >= 15 is 0 Å². The standard InChI is InChI=1S/C30H24N2O3.C19H14FN.C5H6O4/c1-33-28-16-25-26(17-29(28)34-2)32-14-13-27(25)35-20-9-7-18(8-10-20)22-11-12-23-21-6-4-3-5-19(21)15-24(23)30(22)31;20-14-7-5-12(6-8-14)16-9-10-17-15-4-2-1-3-13(15)11-18(17)19(16)21;6-3(7)5(1-2-5)4(8)9/h3-14,16-17H,15,31H2,1-2H3;1-10H,11,21H2;1-2H2,(H,6,7)(H,8,9). The summed E-state index contributed by atoms with van der Waals surface area (Å²) >= 11 is 0. The monoisotopic (exact) mass is 865 g/mol. The van der Waals surface area contributed by atoms with Gasteiger partial charge in [-0.15, -0.1) is 0 Å². The SMILES string of the molecule is COc1cc2nccc(Oc3ccc(-c4ccc5c(c4N)Cc4ccccc4-5)cc3)c2cc1OC.Nc1c(-c2ccc(F)cc2)ccc2c1Cc1ccccc1-2.O=C(O)C1(C(=O)O)CC1. The number of aliphatic carboxylic acids is 2. The number of nitrogens with two attached hydrogens (primary N) is 2. The Morgan fingerprint density at radius 3 is 1.54 bits per heavy atom. The molecular weight excluding hydrogens is 822 g/mol. The first-order chi connectivity index (χ1) is 31.5. The predicted octanol–water partition coefficient (Wildman–Crippen LogP) is 11.4. The normalized spacial score (nSPS) is 13.1. The fourth-order valence-electron chi connectivity index (χ4n) is 8.61. The van der Waals surface area contributed by atoms with E-state index in [0.29, 0.717) is 17.2 Å². The molecular formula is C54H44FN3O7. The molecule has 0 aliphatic heterocycles. The maximum Gasteiger partial charge on any atom is 0.321 e. The number of fused-ring (bicyclic) bond motifs is 7. The number of carbonyl (C=O) groups is 2. The molecule has 65 heavy (non-hydrogen) atoms. The summed E-state index contributed by atoms with van der Waals surface area (Å²) in [5, 5.41) is 17.4. The zero-order chi connectivity index (χ0) is 45.4. The third kappa shape index (κ3) is 7.93. The highest BCUT2D eigenvalue weighted by Gasteiger charge is 2.57. The number of hydrogen-bond acceptors (Lipinski definition) is 8. The zero-order valence-electron chi connectivity index (χ0n) is 35.6. The van der Waals surface area contributed by atoms with Gasteiger partial charge in [-0.05, 0) is 105 Å². The number of ether oxygens (including phenoxy) is 3. The lowest BCUT2D eigenvalue weighted by atomic mass is 9.96. The number of rotatable bonds is 8. The largest absolute Gasteiger partial charge is 0.493 e. The van der Waals surface area contributed by atoms with Gasteiger partial charge in [0.1, 0.15) is 17.3 Å². The smallest absolute Gasteiger partial charge is 0.321 e. The molecule has 0 amide bonds. The van der Waals surface area contributed by atoms with Crippen molar-refractivity contribution in [3.05, 3.63) is 174 Å². The molecule has 7 aromatic carbocycles. The fraction of sp³-hybridized carbons (Fsp3) is 0.130. The molecule has 0 saturated heterocycles. The van der Waals surface area contributed by atoms with Crippen molar-refractivity contribution in [1.82, 2.24) is 4.98 Å². The van der Waals surface area contributed by atoms with Gasteiger partial charge in [-0.1, -0.05) is 97.1 Å². The highest BCUT2D eigenvalue weighted by molar-refractivity contribution is 6.01. The van der Waals surface area contributed by atoms with Crippen LogP contribution in [-0.4, -0.2) is 41.4 Å². The first-order valence-corrected chi connectivity index (χ1v) is 21.0. The van der Waals surface area contributed by atoms with Crippen LogP contribution in [0.5, 0.6) is 23.0 Å². The summed E-state index contributed by atoms with van der Waals surface area (Å²) in [6, 6.07) is 45.4. The number of carboxylic acids is 2. The molecule has 1 heterocycles. The van der Waals surface area contributed by atoms with Crippen molar-refractivity contribution in [2.45, 2.75) is 25.7 Å². The van der Waals surface area contributed by atoms with Crippen LogP contribution in [0.4, 0.5) is 15.8 Å².